The molecule has 0 aromatic heterocycles. The highest BCUT2D eigenvalue weighted by Gasteiger charge is 2.51. The second kappa shape index (κ2) is 6.02. The molecule has 0 radical (unpaired) electrons. The first-order valence-corrected chi connectivity index (χ1v) is 14.0. The molecule has 0 aliphatic carbocycles. The number of hydrogen-bond acceptors (Lipinski definition) is 1. The van der Waals surface area contributed by atoms with Crippen LogP contribution in [0.3, 0.4) is 0 Å². The molecule has 2 aliphatic rings. The van der Waals surface area contributed by atoms with Crippen molar-refractivity contribution < 1.29 is 4.12 Å². The molecular weight excluding hydrogens is 264 g/mol. The van der Waals surface area contributed by atoms with Crippen LogP contribution in [-0.2, 0) is 4.12 Å². The minimum atomic E-state index is -1.54. The first-order valence-electron chi connectivity index (χ1n) is 8.57. The van der Waals surface area contributed by atoms with Crippen molar-refractivity contribution in [2.75, 3.05) is 0 Å². The fourth-order valence-corrected chi connectivity index (χ4v) is 15.9. The lowest BCUT2D eigenvalue weighted by Gasteiger charge is -2.48. The van der Waals surface area contributed by atoms with Crippen molar-refractivity contribution in [3.05, 3.63) is 0 Å². The lowest BCUT2D eigenvalue weighted by Crippen LogP contribution is -2.54. The highest BCUT2D eigenvalue weighted by molar-refractivity contribution is 6.87. The first-order chi connectivity index (χ1) is 8.87. The summed E-state index contributed by atoms with van der Waals surface area (Å²) in [7, 11) is -2.95. The minimum Gasteiger partial charge on any atom is -0.455 e. The molecule has 2 fully saturated rings. The van der Waals surface area contributed by atoms with E-state index in [4.69, 9.17) is 4.12 Å². The third kappa shape index (κ3) is 3.73. The van der Waals surface area contributed by atoms with Gasteiger partial charge >= 0.3 is 0 Å². The molecule has 2 saturated heterocycles. The van der Waals surface area contributed by atoms with Gasteiger partial charge in [0.1, 0.15) is 0 Å². The van der Waals surface area contributed by atoms with Crippen LogP contribution in [-0.4, -0.2) is 16.6 Å². The Morgan fingerprint density at radius 2 is 1.26 bits per heavy atom. The van der Waals surface area contributed by atoms with Crippen molar-refractivity contribution in [2.24, 2.45) is 0 Å². The molecule has 1 atom stereocenters. The van der Waals surface area contributed by atoms with Gasteiger partial charge in [0.05, 0.1) is 0 Å². The van der Waals surface area contributed by atoms with Crippen LogP contribution in [0.5, 0.6) is 0 Å². The Morgan fingerprint density at radius 3 is 1.89 bits per heavy atom. The van der Waals surface area contributed by atoms with Gasteiger partial charge in [0.25, 0.3) is 0 Å². The Balaban J connectivity index is 2.28. The van der Waals surface area contributed by atoms with E-state index in [2.05, 4.69) is 26.9 Å². The van der Waals surface area contributed by atoms with Crippen molar-refractivity contribution in [1.82, 2.24) is 0 Å². The maximum absolute atomic E-state index is 7.16. The van der Waals surface area contributed by atoms with E-state index in [0.29, 0.717) is 5.04 Å². The van der Waals surface area contributed by atoms with E-state index in [1.807, 2.05) is 0 Å². The smallest absolute Gasteiger partial charge is 0.185 e. The molecule has 1 spiro atoms. The second-order valence-corrected chi connectivity index (χ2v) is 17.4. The predicted molar refractivity (Wildman–Crippen MR) is 89.7 cm³/mol. The van der Waals surface area contributed by atoms with Crippen molar-refractivity contribution in [3.63, 3.8) is 0 Å². The molecule has 0 N–H and O–H groups in total. The predicted octanol–water partition coefficient (Wildman–Crippen LogP) is 6.08. The molecule has 0 amide bonds. The van der Waals surface area contributed by atoms with Crippen LogP contribution in [0.15, 0.2) is 0 Å². The quantitative estimate of drug-likeness (QED) is 0.492. The van der Waals surface area contributed by atoms with Crippen LogP contribution in [0, 0.1) is 0 Å². The lowest BCUT2D eigenvalue weighted by molar-refractivity contribution is 0.437. The van der Waals surface area contributed by atoms with E-state index in [0.717, 1.165) is 0 Å². The van der Waals surface area contributed by atoms with Crippen LogP contribution >= 0.6 is 0 Å². The summed E-state index contributed by atoms with van der Waals surface area (Å²) in [5, 5.41) is 0.512. The molecule has 1 unspecified atom stereocenters. The Labute approximate surface area is 122 Å². The summed E-state index contributed by atoms with van der Waals surface area (Å²) >= 11 is 0. The lowest BCUT2D eigenvalue weighted by atomic mass is 10.1. The summed E-state index contributed by atoms with van der Waals surface area (Å²) in [6.45, 7) is 10.1. The van der Waals surface area contributed by atoms with E-state index in [1.54, 1.807) is 0 Å². The van der Waals surface area contributed by atoms with E-state index in [9.17, 15) is 0 Å². The molecule has 0 saturated carbocycles. The van der Waals surface area contributed by atoms with E-state index >= 15 is 0 Å². The van der Waals surface area contributed by atoms with Crippen LogP contribution in [0.4, 0.5) is 0 Å². The first kappa shape index (κ1) is 15.8. The fourth-order valence-electron chi connectivity index (χ4n) is 4.32. The van der Waals surface area contributed by atoms with E-state index in [1.165, 1.54) is 69.5 Å². The van der Waals surface area contributed by atoms with Crippen LogP contribution in [0.2, 0.25) is 36.3 Å². The monoisotopic (exact) mass is 298 g/mol. The van der Waals surface area contributed by atoms with Crippen molar-refractivity contribution in [1.29, 1.82) is 0 Å². The molecule has 0 bridgehead atoms. The summed E-state index contributed by atoms with van der Waals surface area (Å²) in [5.41, 5.74) is 0. The Hall–Kier alpha value is 0.394. The molecule has 2 aliphatic heterocycles. The van der Waals surface area contributed by atoms with E-state index < -0.39 is 16.6 Å². The average molecular weight is 299 g/mol. The molecule has 0 aromatic carbocycles. The van der Waals surface area contributed by atoms with Crippen molar-refractivity contribution >= 4 is 16.6 Å². The van der Waals surface area contributed by atoms with Crippen LogP contribution < -0.4 is 0 Å². The van der Waals surface area contributed by atoms with Gasteiger partial charge in [-0.25, -0.2) is 0 Å². The van der Waals surface area contributed by atoms with Crippen molar-refractivity contribution in [2.45, 2.75) is 101 Å². The molecule has 19 heavy (non-hydrogen) atoms. The zero-order valence-electron chi connectivity index (χ0n) is 13.7. The summed E-state index contributed by atoms with van der Waals surface area (Å²) in [6.07, 6.45) is 11.5. The van der Waals surface area contributed by atoms with Gasteiger partial charge in [0.15, 0.2) is 16.6 Å². The number of rotatable bonds is 0. The standard InChI is InChI=1S/C16H34OSi2/c1-16(2)12-8-7-11-15-19(16)14-10-6-5-9-13-18(3,4)17-19/h5-15H2,1-4H3. The average Bonchev–Trinajstić information content (AvgIpc) is 2.39. The summed E-state index contributed by atoms with van der Waals surface area (Å²) < 4.78 is 7.16. The Bertz CT molecular complexity index is 301. The molecular formula is C16H34OSi2. The van der Waals surface area contributed by atoms with Gasteiger partial charge in [-0.1, -0.05) is 58.8 Å². The van der Waals surface area contributed by atoms with Gasteiger partial charge in [-0.05, 0) is 42.7 Å². The molecule has 112 valence electrons. The maximum Gasteiger partial charge on any atom is 0.185 e. The summed E-state index contributed by atoms with van der Waals surface area (Å²) in [5.74, 6) is 0. The van der Waals surface area contributed by atoms with Crippen LogP contribution in [0.1, 0.15) is 65.2 Å². The molecule has 0 aromatic rings. The third-order valence-electron chi connectivity index (χ3n) is 5.70. The SMILES string of the molecule is CC1(C)CCCCC[Si]12CCCCCC[Si](C)(C)O2. The van der Waals surface area contributed by atoms with Crippen molar-refractivity contribution in [3.8, 4) is 0 Å². The summed E-state index contributed by atoms with van der Waals surface area (Å²) in [6, 6.07) is 4.31. The number of hydrogen-bond donors (Lipinski definition) is 0. The molecule has 2 heterocycles. The van der Waals surface area contributed by atoms with Gasteiger partial charge in [-0.3, -0.25) is 0 Å². The van der Waals surface area contributed by atoms with Gasteiger partial charge < -0.3 is 4.12 Å². The maximum atomic E-state index is 7.16. The third-order valence-corrected chi connectivity index (χ3v) is 16.1. The minimum absolute atomic E-state index is 0.512. The second-order valence-electron chi connectivity index (χ2n) is 8.21. The molecule has 1 nitrogen and oxygen atoms in total. The summed E-state index contributed by atoms with van der Waals surface area (Å²) in [4.78, 5) is 0. The molecule has 3 heteroatoms. The topological polar surface area (TPSA) is 9.23 Å². The zero-order valence-corrected chi connectivity index (χ0v) is 15.7. The highest BCUT2D eigenvalue weighted by atomic mass is 28.4. The van der Waals surface area contributed by atoms with E-state index in [-0.39, 0.29) is 0 Å². The van der Waals surface area contributed by atoms with Gasteiger partial charge in [0, 0.05) is 0 Å². The van der Waals surface area contributed by atoms with Gasteiger partial charge in [-0.15, -0.1) is 0 Å². The highest BCUT2D eigenvalue weighted by Crippen LogP contribution is 2.52. The zero-order chi connectivity index (χ0) is 14.0. The fraction of sp³-hybridized carbons (Fsp3) is 1.00. The Morgan fingerprint density at radius 1 is 0.737 bits per heavy atom. The molecule has 2 rings (SSSR count). The normalized spacial score (nSPS) is 36.0. The Kier molecular flexibility index (Phi) is 5.00. The largest absolute Gasteiger partial charge is 0.455 e. The van der Waals surface area contributed by atoms with Gasteiger partial charge in [0.2, 0.25) is 0 Å². The van der Waals surface area contributed by atoms with Gasteiger partial charge in [-0.2, -0.15) is 0 Å². The van der Waals surface area contributed by atoms with Crippen LogP contribution in [0.25, 0.3) is 0 Å².